The van der Waals surface area contributed by atoms with Crippen LogP contribution in [0, 0.1) is 0 Å². The minimum atomic E-state index is -1.05. The lowest BCUT2D eigenvalue weighted by atomic mass is 10.2. The van der Waals surface area contributed by atoms with Gasteiger partial charge in [-0.3, -0.25) is 9.59 Å². The summed E-state index contributed by atoms with van der Waals surface area (Å²) in [5, 5.41) is 19.6. The predicted molar refractivity (Wildman–Crippen MR) is 105 cm³/mol. The molecule has 0 bridgehead atoms. The average Bonchev–Trinajstić information content (AvgIpc) is 2.73. The van der Waals surface area contributed by atoms with Crippen LogP contribution in [-0.2, 0) is 11.4 Å². The quantitative estimate of drug-likeness (QED) is 0.609. The van der Waals surface area contributed by atoms with Gasteiger partial charge >= 0.3 is 5.97 Å². The van der Waals surface area contributed by atoms with Gasteiger partial charge < -0.3 is 20.3 Å². The van der Waals surface area contributed by atoms with E-state index in [-0.39, 0.29) is 18.2 Å². The summed E-state index contributed by atoms with van der Waals surface area (Å²) in [6, 6.07) is 25.2. The van der Waals surface area contributed by atoms with Gasteiger partial charge in [0.2, 0.25) is 0 Å². The lowest BCUT2D eigenvalue weighted by Crippen LogP contribution is -2.29. The fourth-order valence-electron chi connectivity index (χ4n) is 2.13. The highest BCUT2D eigenvalue weighted by atomic mass is 16.5. The van der Waals surface area contributed by atoms with Crippen LogP contribution in [0.15, 0.2) is 84.9 Å². The van der Waals surface area contributed by atoms with E-state index in [1.165, 1.54) is 0 Å². The molecule has 6 nitrogen and oxygen atoms in total. The molecule has 3 aromatic carbocycles. The summed E-state index contributed by atoms with van der Waals surface area (Å²) in [6.07, 6.45) is 0. The molecule has 28 heavy (non-hydrogen) atoms. The van der Waals surface area contributed by atoms with Crippen LogP contribution in [0.2, 0.25) is 0 Å². The van der Waals surface area contributed by atoms with Gasteiger partial charge in [0.15, 0.2) is 0 Å². The first kappa shape index (κ1) is 20.5. The Labute approximate surface area is 163 Å². The van der Waals surface area contributed by atoms with Crippen molar-refractivity contribution in [3.8, 4) is 11.5 Å². The molecule has 0 aliphatic rings. The van der Waals surface area contributed by atoms with E-state index in [1.807, 2.05) is 30.3 Å². The SMILES string of the molecule is O=C(O)CNC(=O)c1ccccc1.Oc1ccc(OCc2ccccc2)cc1. The number of rotatable bonds is 6. The van der Waals surface area contributed by atoms with E-state index in [0.717, 1.165) is 11.3 Å². The summed E-state index contributed by atoms with van der Waals surface area (Å²) >= 11 is 0. The highest BCUT2D eigenvalue weighted by Gasteiger charge is 2.04. The van der Waals surface area contributed by atoms with Gasteiger partial charge in [0, 0.05) is 5.56 Å². The average molecular weight is 379 g/mol. The molecule has 0 atom stereocenters. The maximum atomic E-state index is 11.2. The number of carbonyl (C=O) groups excluding carboxylic acids is 1. The molecule has 3 aromatic rings. The van der Waals surface area contributed by atoms with Crippen LogP contribution >= 0.6 is 0 Å². The maximum absolute atomic E-state index is 11.2. The standard InChI is InChI=1S/C13H12O2.C9H9NO3/c14-12-6-8-13(9-7-12)15-10-11-4-2-1-3-5-11;11-8(12)6-10-9(13)7-4-2-1-3-5-7/h1-9,14H,10H2;1-5H,6H2,(H,10,13)(H,11,12). The highest BCUT2D eigenvalue weighted by molar-refractivity contribution is 5.95. The molecule has 0 aliphatic heterocycles. The third kappa shape index (κ3) is 7.61. The third-order valence-electron chi connectivity index (χ3n) is 3.52. The summed E-state index contributed by atoms with van der Waals surface area (Å²) in [5.74, 6) is -0.411. The zero-order chi connectivity index (χ0) is 20.2. The first-order chi connectivity index (χ1) is 13.5. The van der Waals surface area contributed by atoms with Gasteiger partial charge in [0.25, 0.3) is 5.91 Å². The number of amides is 1. The number of hydrogen-bond acceptors (Lipinski definition) is 4. The van der Waals surface area contributed by atoms with Crippen LogP contribution in [0.5, 0.6) is 11.5 Å². The molecule has 144 valence electrons. The van der Waals surface area contributed by atoms with Crippen LogP contribution in [0.3, 0.4) is 0 Å². The van der Waals surface area contributed by atoms with Gasteiger partial charge in [-0.1, -0.05) is 48.5 Å². The highest BCUT2D eigenvalue weighted by Crippen LogP contribution is 2.17. The number of aromatic hydroxyl groups is 1. The van der Waals surface area contributed by atoms with E-state index in [4.69, 9.17) is 14.9 Å². The molecule has 3 N–H and O–H groups in total. The van der Waals surface area contributed by atoms with E-state index >= 15 is 0 Å². The second-order valence-corrected chi connectivity index (χ2v) is 5.71. The van der Waals surface area contributed by atoms with Crippen LogP contribution in [0.4, 0.5) is 0 Å². The number of ether oxygens (including phenoxy) is 1. The summed E-state index contributed by atoms with van der Waals surface area (Å²) in [5.41, 5.74) is 1.59. The van der Waals surface area contributed by atoms with E-state index < -0.39 is 5.97 Å². The van der Waals surface area contributed by atoms with Gasteiger partial charge in [0.1, 0.15) is 24.7 Å². The van der Waals surface area contributed by atoms with Gasteiger partial charge in [-0.05, 0) is 42.0 Å². The maximum Gasteiger partial charge on any atom is 0.322 e. The van der Waals surface area contributed by atoms with Crippen molar-refractivity contribution in [2.75, 3.05) is 6.54 Å². The van der Waals surface area contributed by atoms with Crippen molar-refractivity contribution >= 4 is 11.9 Å². The van der Waals surface area contributed by atoms with Crippen molar-refractivity contribution in [2.45, 2.75) is 6.61 Å². The lowest BCUT2D eigenvalue weighted by molar-refractivity contribution is -0.135. The van der Waals surface area contributed by atoms with Crippen LogP contribution in [0.1, 0.15) is 15.9 Å². The Balaban J connectivity index is 0.000000203. The summed E-state index contributed by atoms with van der Waals surface area (Å²) in [4.78, 5) is 21.3. The van der Waals surface area contributed by atoms with Crippen molar-refractivity contribution in [1.29, 1.82) is 0 Å². The van der Waals surface area contributed by atoms with E-state index in [0.29, 0.717) is 12.2 Å². The summed E-state index contributed by atoms with van der Waals surface area (Å²) < 4.78 is 5.54. The van der Waals surface area contributed by atoms with Crippen molar-refractivity contribution in [3.05, 3.63) is 96.1 Å². The van der Waals surface area contributed by atoms with Crippen molar-refractivity contribution < 1.29 is 24.5 Å². The molecule has 0 saturated heterocycles. The molecule has 1 amide bonds. The number of nitrogens with one attached hydrogen (secondary N) is 1. The van der Waals surface area contributed by atoms with Gasteiger partial charge in [-0.15, -0.1) is 0 Å². The van der Waals surface area contributed by atoms with Gasteiger partial charge in [0.05, 0.1) is 0 Å². The Morgan fingerprint density at radius 3 is 1.96 bits per heavy atom. The first-order valence-electron chi connectivity index (χ1n) is 8.55. The number of carboxylic acids is 1. The summed E-state index contributed by atoms with van der Waals surface area (Å²) in [7, 11) is 0. The molecule has 0 radical (unpaired) electrons. The van der Waals surface area contributed by atoms with Crippen LogP contribution in [-0.4, -0.2) is 28.6 Å². The minimum Gasteiger partial charge on any atom is -0.508 e. The van der Waals surface area contributed by atoms with Crippen LogP contribution < -0.4 is 10.1 Å². The third-order valence-corrected chi connectivity index (χ3v) is 3.52. The Bertz CT molecular complexity index is 864. The van der Waals surface area contributed by atoms with Crippen molar-refractivity contribution in [1.82, 2.24) is 5.32 Å². The monoisotopic (exact) mass is 379 g/mol. The van der Waals surface area contributed by atoms with Crippen molar-refractivity contribution in [3.63, 3.8) is 0 Å². The number of carbonyl (C=O) groups is 2. The molecule has 0 heterocycles. The molecular weight excluding hydrogens is 358 g/mol. The fourth-order valence-corrected chi connectivity index (χ4v) is 2.13. The van der Waals surface area contributed by atoms with Crippen molar-refractivity contribution in [2.24, 2.45) is 0 Å². The molecule has 0 saturated carbocycles. The predicted octanol–water partition coefficient (Wildman–Crippen LogP) is 3.47. The van der Waals surface area contributed by atoms with Crippen LogP contribution in [0.25, 0.3) is 0 Å². The number of phenols is 1. The number of aliphatic carboxylic acids is 1. The molecule has 0 aliphatic carbocycles. The number of hydrogen-bond donors (Lipinski definition) is 3. The molecule has 3 rings (SSSR count). The normalized spacial score (nSPS) is 9.57. The fraction of sp³-hybridized carbons (Fsp3) is 0.0909. The molecule has 0 fully saturated rings. The second-order valence-electron chi connectivity index (χ2n) is 5.71. The van der Waals surface area contributed by atoms with Gasteiger partial charge in [-0.2, -0.15) is 0 Å². The van der Waals surface area contributed by atoms with E-state index in [1.54, 1.807) is 54.6 Å². The van der Waals surface area contributed by atoms with Gasteiger partial charge in [-0.25, -0.2) is 0 Å². The Hall–Kier alpha value is -3.80. The minimum absolute atomic E-state index is 0.252. The Kier molecular flexibility index (Phi) is 8.08. The molecule has 0 unspecified atom stereocenters. The molecular formula is C22H21NO5. The first-order valence-corrected chi connectivity index (χ1v) is 8.55. The Morgan fingerprint density at radius 1 is 0.821 bits per heavy atom. The largest absolute Gasteiger partial charge is 0.508 e. The smallest absolute Gasteiger partial charge is 0.322 e. The lowest BCUT2D eigenvalue weighted by Gasteiger charge is -2.05. The zero-order valence-electron chi connectivity index (χ0n) is 15.1. The number of benzene rings is 3. The molecule has 0 aromatic heterocycles. The topological polar surface area (TPSA) is 95.9 Å². The summed E-state index contributed by atoms with van der Waals surface area (Å²) in [6.45, 7) is 0.194. The van der Waals surface area contributed by atoms with E-state index in [9.17, 15) is 9.59 Å². The number of carboxylic acid groups (broad SMARTS) is 1. The Morgan fingerprint density at radius 2 is 1.39 bits per heavy atom. The second kappa shape index (κ2) is 11.0. The van der Waals surface area contributed by atoms with E-state index in [2.05, 4.69) is 5.32 Å². The molecule has 0 spiro atoms. The molecule has 6 heteroatoms. The zero-order valence-corrected chi connectivity index (χ0v) is 15.1. The number of phenolic OH excluding ortho intramolecular Hbond substituents is 1.